The van der Waals surface area contributed by atoms with E-state index in [-0.39, 0.29) is 0 Å². The smallest absolute Gasteiger partial charge is 0.195 e. The molecule has 1 heterocycles. The van der Waals surface area contributed by atoms with Crippen LogP contribution < -0.4 is 10.6 Å². The number of fused-ring (bicyclic) bond motifs is 1. The van der Waals surface area contributed by atoms with Crippen LogP contribution in [0.5, 0.6) is 0 Å². The van der Waals surface area contributed by atoms with E-state index < -0.39 is 6.10 Å². The van der Waals surface area contributed by atoms with Crippen molar-refractivity contribution in [2.24, 2.45) is 10.9 Å². The summed E-state index contributed by atoms with van der Waals surface area (Å²) in [4.78, 5) is 19.9. The van der Waals surface area contributed by atoms with Crippen molar-refractivity contribution >= 4 is 39.9 Å². The normalized spacial score (nSPS) is 17.7. The number of guanidine groups is 1. The Labute approximate surface area is 163 Å². The highest BCUT2D eigenvalue weighted by Gasteiger charge is 2.21. The molecule has 1 saturated carbocycles. The Hall–Kier alpha value is -2.25. The summed E-state index contributed by atoms with van der Waals surface area (Å²) in [5.41, 5.74) is 4.07. The molecule has 6 nitrogen and oxygen atoms in total. The summed E-state index contributed by atoms with van der Waals surface area (Å²) in [6, 6.07) is 5.87. The quantitative estimate of drug-likeness (QED) is 0.308. The van der Waals surface area contributed by atoms with Gasteiger partial charge in [-0.1, -0.05) is 25.3 Å². The molecule has 1 aromatic heterocycles. The summed E-state index contributed by atoms with van der Waals surface area (Å²) in [5, 5.41) is 16.5. The molecule has 7 heteroatoms. The first-order valence-electron chi connectivity index (χ1n) is 9.35. The maximum absolute atomic E-state index is 11.5. The zero-order valence-electron chi connectivity index (χ0n) is 15.5. The number of hydrogen-bond acceptors (Lipinski definition) is 5. The highest BCUT2D eigenvalue weighted by molar-refractivity contribution is 7.16. The SMILES string of the molecule is CN=C(NCC(O)C1CCCCC1)N/C(C=O)=C\c1ccc2ncsc2c1. The van der Waals surface area contributed by atoms with Crippen LogP contribution in [-0.2, 0) is 4.79 Å². The van der Waals surface area contributed by atoms with Crippen molar-refractivity contribution in [1.82, 2.24) is 15.6 Å². The molecule has 1 aliphatic rings. The molecule has 0 amide bonds. The molecule has 2 aromatic rings. The van der Waals surface area contributed by atoms with Gasteiger partial charge < -0.3 is 15.7 Å². The van der Waals surface area contributed by atoms with Crippen LogP contribution in [0.4, 0.5) is 0 Å². The average Bonchev–Trinajstić information content (AvgIpc) is 3.18. The van der Waals surface area contributed by atoms with Crippen molar-refractivity contribution in [3.8, 4) is 0 Å². The fourth-order valence-corrected chi connectivity index (χ4v) is 4.17. The Balaban J connectivity index is 1.60. The molecule has 0 radical (unpaired) electrons. The minimum atomic E-state index is -0.402. The fraction of sp³-hybridized carbons (Fsp3) is 0.450. The van der Waals surface area contributed by atoms with E-state index in [0.717, 1.165) is 34.9 Å². The number of thiazole rings is 1. The summed E-state index contributed by atoms with van der Waals surface area (Å²) in [6.45, 7) is 0.420. The van der Waals surface area contributed by atoms with Crippen LogP contribution in [-0.4, -0.2) is 42.0 Å². The van der Waals surface area contributed by atoms with Crippen molar-refractivity contribution < 1.29 is 9.90 Å². The number of aliphatic imine (C=N–C) groups is 1. The zero-order valence-corrected chi connectivity index (χ0v) is 16.3. The van der Waals surface area contributed by atoms with Crippen molar-refractivity contribution in [3.63, 3.8) is 0 Å². The van der Waals surface area contributed by atoms with E-state index in [1.165, 1.54) is 19.3 Å². The third kappa shape index (κ3) is 5.37. The summed E-state index contributed by atoms with van der Waals surface area (Å²) < 4.78 is 1.08. The van der Waals surface area contributed by atoms with E-state index in [9.17, 15) is 9.90 Å². The number of benzene rings is 1. The first-order chi connectivity index (χ1) is 13.2. The molecule has 1 aliphatic carbocycles. The van der Waals surface area contributed by atoms with Gasteiger partial charge in [-0.25, -0.2) is 4.98 Å². The second-order valence-corrected chi connectivity index (χ2v) is 7.73. The predicted molar refractivity (Wildman–Crippen MR) is 111 cm³/mol. The number of nitrogens with one attached hydrogen (secondary N) is 2. The minimum Gasteiger partial charge on any atom is -0.391 e. The van der Waals surface area contributed by atoms with E-state index in [2.05, 4.69) is 20.6 Å². The van der Waals surface area contributed by atoms with Crippen molar-refractivity contribution in [2.75, 3.05) is 13.6 Å². The zero-order chi connectivity index (χ0) is 19.1. The average molecular weight is 387 g/mol. The van der Waals surface area contributed by atoms with Gasteiger partial charge in [-0.05, 0) is 42.5 Å². The van der Waals surface area contributed by atoms with E-state index in [1.807, 2.05) is 18.2 Å². The number of nitrogens with zero attached hydrogens (tertiary/aromatic N) is 2. The Morgan fingerprint density at radius 2 is 2.22 bits per heavy atom. The maximum Gasteiger partial charge on any atom is 0.195 e. The number of aliphatic hydroxyl groups is 1. The predicted octanol–water partition coefficient (Wildman–Crippen LogP) is 2.94. The number of aromatic nitrogens is 1. The van der Waals surface area contributed by atoms with Crippen molar-refractivity contribution in [2.45, 2.75) is 38.2 Å². The number of rotatable bonds is 6. The van der Waals surface area contributed by atoms with Gasteiger partial charge in [0.1, 0.15) is 0 Å². The van der Waals surface area contributed by atoms with E-state index in [4.69, 9.17) is 0 Å². The Morgan fingerprint density at radius 3 is 2.96 bits per heavy atom. The van der Waals surface area contributed by atoms with Gasteiger partial charge in [-0.3, -0.25) is 9.79 Å². The molecular weight excluding hydrogens is 360 g/mol. The molecule has 1 fully saturated rings. The van der Waals surface area contributed by atoms with Crippen molar-refractivity contribution in [3.05, 3.63) is 35.0 Å². The monoisotopic (exact) mass is 386 g/mol. The Kier molecular flexibility index (Phi) is 6.95. The molecule has 144 valence electrons. The lowest BCUT2D eigenvalue weighted by Crippen LogP contribution is -2.43. The number of hydrogen-bond donors (Lipinski definition) is 3. The van der Waals surface area contributed by atoms with Crippen LogP contribution in [0.3, 0.4) is 0 Å². The molecule has 27 heavy (non-hydrogen) atoms. The molecule has 1 unspecified atom stereocenters. The van der Waals surface area contributed by atoms with Gasteiger partial charge in [0.05, 0.1) is 27.5 Å². The van der Waals surface area contributed by atoms with Crippen molar-refractivity contribution in [1.29, 1.82) is 0 Å². The summed E-state index contributed by atoms with van der Waals surface area (Å²) in [6.07, 6.45) is 7.94. The van der Waals surface area contributed by atoms with Gasteiger partial charge in [-0.2, -0.15) is 0 Å². The number of aldehydes is 1. The largest absolute Gasteiger partial charge is 0.391 e. The summed E-state index contributed by atoms with van der Waals surface area (Å²) in [7, 11) is 1.65. The number of carbonyl (C=O) groups excluding carboxylic acids is 1. The standard InChI is InChI=1S/C20H26N4O2S/c1-21-20(22-11-18(26)15-5-3-2-4-6-15)24-16(12-25)9-14-7-8-17-19(10-14)27-13-23-17/h7-10,12-13,15,18,26H,2-6,11H2,1H3,(H2,21,22,24)/b16-9-. The van der Waals surface area contributed by atoms with Crippen LogP contribution >= 0.6 is 11.3 Å². The first kappa shape index (κ1) is 19.5. The minimum absolute atomic E-state index is 0.344. The molecule has 3 rings (SSSR count). The molecule has 3 N–H and O–H groups in total. The highest BCUT2D eigenvalue weighted by atomic mass is 32.1. The third-order valence-corrected chi connectivity index (χ3v) is 5.76. The molecule has 0 bridgehead atoms. The Bertz CT molecular complexity index is 824. The van der Waals surface area contributed by atoms with E-state index >= 15 is 0 Å². The molecule has 0 aliphatic heterocycles. The van der Waals surface area contributed by atoms with E-state index in [1.54, 1.807) is 30.0 Å². The third-order valence-electron chi connectivity index (χ3n) is 4.96. The summed E-state index contributed by atoms with van der Waals surface area (Å²) in [5.74, 6) is 0.818. The van der Waals surface area contributed by atoms with Gasteiger partial charge in [0.15, 0.2) is 12.2 Å². The lowest BCUT2D eigenvalue weighted by molar-refractivity contribution is -0.105. The number of allylic oxidation sites excluding steroid dienone is 1. The lowest BCUT2D eigenvalue weighted by Gasteiger charge is -2.27. The number of carbonyl (C=O) groups is 1. The van der Waals surface area contributed by atoms with Gasteiger partial charge in [0.25, 0.3) is 0 Å². The maximum atomic E-state index is 11.5. The summed E-state index contributed by atoms with van der Waals surface area (Å²) >= 11 is 1.57. The molecular formula is C20H26N4O2S. The van der Waals surface area contributed by atoms with Crippen LogP contribution in [0.15, 0.2) is 34.4 Å². The fourth-order valence-electron chi connectivity index (χ4n) is 3.44. The van der Waals surface area contributed by atoms with Crippen LogP contribution in [0.25, 0.3) is 16.3 Å². The van der Waals surface area contributed by atoms with E-state index in [0.29, 0.717) is 24.1 Å². The molecule has 1 aromatic carbocycles. The number of aliphatic hydroxyl groups excluding tert-OH is 1. The second-order valence-electron chi connectivity index (χ2n) is 6.84. The van der Waals surface area contributed by atoms with Crippen LogP contribution in [0, 0.1) is 5.92 Å². The van der Waals surface area contributed by atoms with Gasteiger partial charge in [-0.15, -0.1) is 11.3 Å². The lowest BCUT2D eigenvalue weighted by atomic mass is 9.85. The van der Waals surface area contributed by atoms with Gasteiger partial charge >= 0.3 is 0 Å². The topological polar surface area (TPSA) is 86.6 Å². The second kappa shape index (κ2) is 9.62. The molecule has 1 atom stereocenters. The molecule has 0 saturated heterocycles. The molecule has 0 spiro atoms. The highest BCUT2D eigenvalue weighted by Crippen LogP contribution is 2.26. The van der Waals surface area contributed by atoms with Crippen LogP contribution in [0.2, 0.25) is 0 Å². The first-order valence-corrected chi connectivity index (χ1v) is 10.2. The van der Waals surface area contributed by atoms with Gasteiger partial charge in [0.2, 0.25) is 0 Å². The van der Waals surface area contributed by atoms with Crippen LogP contribution in [0.1, 0.15) is 37.7 Å². The Morgan fingerprint density at radius 1 is 1.41 bits per heavy atom. The van der Waals surface area contributed by atoms with Gasteiger partial charge in [0, 0.05) is 13.6 Å².